The van der Waals surface area contributed by atoms with E-state index in [1.54, 1.807) is 0 Å². The molecule has 5 rings (SSSR count). The van der Waals surface area contributed by atoms with Gasteiger partial charge in [0, 0.05) is 12.3 Å². The Morgan fingerprint density at radius 3 is 2.00 bits per heavy atom. The monoisotopic (exact) mass is 380 g/mol. The molecule has 3 aromatic carbocycles. The molecule has 1 atom stereocenters. The number of rotatable bonds is 5. The van der Waals surface area contributed by atoms with Crippen LogP contribution in [0.1, 0.15) is 34.3 Å². The molecule has 0 aliphatic heterocycles. The molecular weight excluding hydrogens is 356 g/mol. The Morgan fingerprint density at radius 1 is 0.724 bits per heavy atom. The summed E-state index contributed by atoms with van der Waals surface area (Å²) in [5.74, 6) is 2.23. The quantitative estimate of drug-likeness (QED) is 0.415. The molecule has 2 heterocycles. The Hall–Kier alpha value is -3.40. The zero-order chi connectivity index (χ0) is 19.8. The van der Waals surface area contributed by atoms with Gasteiger partial charge >= 0.3 is 0 Å². The van der Waals surface area contributed by atoms with E-state index in [1.165, 1.54) is 16.7 Å². The van der Waals surface area contributed by atoms with Crippen LogP contribution in [-0.4, -0.2) is 19.9 Å². The third-order valence-electron chi connectivity index (χ3n) is 5.44. The van der Waals surface area contributed by atoms with E-state index in [4.69, 9.17) is 9.97 Å². The lowest BCUT2D eigenvalue weighted by Gasteiger charge is -2.15. The summed E-state index contributed by atoms with van der Waals surface area (Å²) in [4.78, 5) is 16.8. The van der Waals surface area contributed by atoms with Crippen LogP contribution in [0.2, 0.25) is 0 Å². The maximum Gasteiger partial charge on any atom is 0.111 e. The van der Waals surface area contributed by atoms with Gasteiger partial charge in [-0.05, 0) is 50.1 Å². The molecule has 4 nitrogen and oxygen atoms in total. The number of aryl methyl sites for hydroxylation is 2. The summed E-state index contributed by atoms with van der Waals surface area (Å²) < 4.78 is 0. The fourth-order valence-electron chi connectivity index (χ4n) is 4.24. The molecule has 5 aromatic rings. The van der Waals surface area contributed by atoms with E-state index in [0.29, 0.717) is 0 Å². The maximum atomic E-state index is 4.91. The van der Waals surface area contributed by atoms with Crippen molar-refractivity contribution in [3.05, 3.63) is 95.1 Å². The molecule has 1 unspecified atom stereocenters. The van der Waals surface area contributed by atoms with Gasteiger partial charge in [0.05, 0.1) is 22.1 Å². The van der Waals surface area contributed by atoms with Crippen LogP contribution >= 0.6 is 0 Å². The Kier molecular flexibility index (Phi) is 4.39. The fraction of sp³-hybridized carbons (Fsp3) is 0.200. The summed E-state index contributed by atoms with van der Waals surface area (Å²) in [6.07, 6.45) is 1.72. The third-order valence-corrected chi connectivity index (χ3v) is 5.44. The number of H-pyrrole nitrogens is 2. The molecule has 0 amide bonds. The number of para-hydroxylation sites is 4. The Bertz CT molecular complexity index is 1210. The summed E-state index contributed by atoms with van der Waals surface area (Å²) in [5, 5.41) is 0. The van der Waals surface area contributed by atoms with Crippen LogP contribution < -0.4 is 0 Å². The minimum absolute atomic E-state index is 0.212. The molecular formula is C25H24N4. The number of aromatic amines is 2. The smallest absolute Gasteiger partial charge is 0.111 e. The van der Waals surface area contributed by atoms with Gasteiger partial charge < -0.3 is 9.97 Å². The summed E-state index contributed by atoms with van der Waals surface area (Å²) in [6, 6.07) is 23.2. The van der Waals surface area contributed by atoms with Crippen molar-refractivity contribution in [2.45, 2.75) is 32.6 Å². The normalized spacial score (nSPS) is 12.6. The van der Waals surface area contributed by atoms with Crippen LogP contribution in [0, 0.1) is 13.8 Å². The van der Waals surface area contributed by atoms with E-state index in [9.17, 15) is 0 Å². The number of hydrogen-bond donors (Lipinski definition) is 2. The first-order valence-corrected chi connectivity index (χ1v) is 10.1. The lowest BCUT2D eigenvalue weighted by Crippen LogP contribution is -2.10. The second kappa shape index (κ2) is 7.21. The summed E-state index contributed by atoms with van der Waals surface area (Å²) in [6.45, 7) is 4.32. The van der Waals surface area contributed by atoms with Crippen molar-refractivity contribution in [1.82, 2.24) is 19.9 Å². The maximum absolute atomic E-state index is 4.91. The number of hydrogen-bond acceptors (Lipinski definition) is 2. The van der Waals surface area contributed by atoms with Gasteiger partial charge in [-0.15, -0.1) is 0 Å². The van der Waals surface area contributed by atoms with E-state index in [-0.39, 0.29) is 5.92 Å². The van der Waals surface area contributed by atoms with Crippen LogP contribution in [0.3, 0.4) is 0 Å². The molecule has 2 aromatic heterocycles. The number of imidazole rings is 2. The van der Waals surface area contributed by atoms with Crippen LogP contribution in [0.5, 0.6) is 0 Å². The highest BCUT2D eigenvalue weighted by Crippen LogP contribution is 2.26. The number of nitrogens with zero attached hydrogens (tertiary/aromatic N) is 2. The van der Waals surface area contributed by atoms with Gasteiger partial charge in [0.1, 0.15) is 11.6 Å². The second-order valence-electron chi connectivity index (χ2n) is 7.94. The van der Waals surface area contributed by atoms with Crippen molar-refractivity contribution in [2.75, 3.05) is 0 Å². The molecule has 144 valence electrons. The van der Waals surface area contributed by atoms with Gasteiger partial charge in [-0.25, -0.2) is 9.97 Å². The van der Waals surface area contributed by atoms with Crippen LogP contribution in [-0.2, 0) is 12.8 Å². The lowest BCUT2D eigenvalue weighted by molar-refractivity contribution is 0.627. The highest BCUT2D eigenvalue weighted by Gasteiger charge is 2.19. The first-order valence-electron chi connectivity index (χ1n) is 10.1. The van der Waals surface area contributed by atoms with E-state index in [2.05, 4.69) is 66.3 Å². The lowest BCUT2D eigenvalue weighted by atomic mass is 9.93. The SMILES string of the molecule is Cc1cc(C)cc(CC(Cc2nc3ccccc3[nH]2)c2nc3ccccc3[nH]2)c1. The Morgan fingerprint density at radius 2 is 1.34 bits per heavy atom. The predicted octanol–water partition coefficient (Wildman–Crippen LogP) is 5.63. The average molecular weight is 380 g/mol. The molecule has 4 heteroatoms. The first kappa shape index (κ1) is 17.7. The van der Waals surface area contributed by atoms with E-state index < -0.39 is 0 Å². The van der Waals surface area contributed by atoms with E-state index >= 15 is 0 Å². The van der Waals surface area contributed by atoms with Gasteiger partial charge in [-0.3, -0.25) is 0 Å². The number of benzene rings is 3. The van der Waals surface area contributed by atoms with Crippen LogP contribution in [0.15, 0.2) is 66.7 Å². The van der Waals surface area contributed by atoms with Gasteiger partial charge in [0.2, 0.25) is 0 Å². The standard InChI is InChI=1S/C25H24N4/c1-16-11-17(2)13-18(12-16)14-19(25-28-22-9-5-6-10-23(22)29-25)15-24-26-20-7-3-4-8-21(20)27-24/h3-13,19H,14-15H2,1-2H3,(H,26,27)(H,28,29). The summed E-state index contributed by atoms with van der Waals surface area (Å²) >= 11 is 0. The first-order chi connectivity index (χ1) is 14.1. The van der Waals surface area contributed by atoms with Gasteiger partial charge in [-0.2, -0.15) is 0 Å². The second-order valence-corrected chi connectivity index (χ2v) is 7.94. The molecule has 0 aliphatic carbocycles. The zero-order valence-corrected chi connectivity index (χ0v) is 16.7. The van der Waals surface area contributed by atoms with Crippen LogP contribution in [0.4, 0.5) is 0 Å². The zero-order valence-electron chi connectivity index (χ0n) is 16.7. The van der Waals surface area contributed by atoms with Crippen LogP contribution in [0.25, 0.3) is 22.1 Å². The van der Waals surface area contributed by atoms with E-state index in [1.807, 2.05) is 24.3 Å². The Balaban J connectivity index is 1.53. The largest absolute Gasteiger partial charge is 0.342 e. The van der Waals surface area contributed by atoms with Crippen molar-refractivity contribution in [2.24, 2.45) is 0 Å². The van der Waals surface area contributed by atoms with Crippen molar-refractivity contribution < 1.29 is 0 Å². The average Bonchev–Trinajstić information content (AvgIpc) is 3.30. The van der Waals surface area contributed by atoms with E-state index in [0.717, 1.165) is 46.6 Å². The van der Waals surface area contributed by atoms with Crippen molar-refractivity contribution in [3.8, 4) is 0 Å². The molecule has 0 fully saturated rings. The summed E-state index contributed by atoms with van der Waals surface area (Å²) in [7, 11) is 0. The highest BCUT2D eigenvalue weighted by molar-refractivity contribution is 5.75. The van der Waals surface area contributed by atoms with Crippen molar-refractivity contribution in [3.63, 3.8) is 0 Å². The molecule has 2 N–H and O–H groups in total. The minimum atomic E-state index is 0.212. The molecule has 0 saturated carbocycles. The van der Waals surface area contributed by atoms with Gasteiger partial charge in [-0.1, -0.05) is 53.6 Å². The topological polar surface area (TPSA) is 57.4 Å². The van der Waals surface area contributed by atoms with Crippen molar-refractivity contribution in [1.29, 1.82) is 0 Å². The number of nitrogens with one attached hydrogen (secondary N) is 2. The highest BCUT2D eigenvalue weighted by atomic mass is 14.9. The molecule has 29 heavy (non-hydrogen) atoms. The number of aromatic nitrogens is 4. The molecule has 0 saturated heterocycles. The molecule has 0 aliphatic rings. The minimum Gasteiger partial charge on any atom is -0.342 e. The third kappa shape index (κ3) is 3.66. The van der Waals surface area contributed by atoms with Crippen molar-refractivity contribution >= 4 is 22.1 Å². The molecule has 0 spiro atoms. The van der Waals surface area contributed by atoms with Gasteiger partial charge in [0.15, 0.2) is 0 Å². The number of fused-ring (bicyclic) bond motifs is 2. The molecule has 0 radical (unpaired) electrons. The Labute approximate surface area is 170 Å². The molecule has 0 bridgehead atoms. The van der Waals surface area contributed by atoms with Gasteiger partial charge in [0.25, 0.3) is 0 Å². The predicted molar refractivity (Wildman–Crippen MR) is 118 cm³/mol. The fourth-order valence-corrected chi connectivity index (χ4v) is 4.24. The summed E-state index contributed by atoms with van der Waals surface area (Å²) in [5.41, 5.74) is 8.12.